The number of rotatable bonds is 3. The van der Waals surface area contributed by atoms with Crippen molar-refractivity contribution in [2.75, 3.05) is 5.32 Å². The SMILES string of the molecule is CC(C)c1c(Cl)ncnc1NC1(C)CCCC1. The highest BCUT2D eigenvalue weighted by Crippen LogP contribution is 2.35. The van der Waals surface area contributed by atoms with Crippen LogP contribution in [0.15, 0.2) is 6.33 Å². The molecule has 0 atom stereocenters. The highest BCUT2D eigenvalue weighted by atomic mass is 35.5. The molecule has 1 N–H and O–H groups in total. The Morgan fingerprint density at radius 2 is 1.94 bits per heavy atom. The third kappa shape index (κ3) is 2.71. The lowest BCUT2D eigenvalue weighted by Gasteiger charge is -2.28. The molecule has 1 saturated carbocycles. The third-order valence-electron chi connectivity index (χ3n) is 3.54. The van der Waals surface area contributed by atoms with Crippen molar-refractivity contribution in [2.45, 2.75) is 57.9 Å². The van der Waals surface area contributed by atoms with E-state index in [1.807, 2.05) is 0 Å². The molecule has 1 aromatic rings. The van der Waals surface area contributed by atoms with Crippen LogP contribution >= 0.6 is 11.6 Å². The van der Waals surface area contributed by atoms with Crippen LogP contribution in [0.25, 0.3) is 0 Å². The van der Waals surface area contributed by atoms with Gasteiger partial charge >= 0.3 is 0 Å². The topological polar surface area (TPSA) is 37.8 Å². The molecule has 4 heteroatoms. The number of nitrogens with zero attached hydrogens (tertiary/aromatic N) is 2. The molecule has 0 radical (unpaired) electrons. The molecule has 1 aliphatic carbocycles. The van der Waals surface area contributed by atoms with E-state index in [0.717, 1.165) is 11.4 Å². The Bertz CT molecular complexity index is 398. The summed E-state index contributed by atoms with van der Waals surface area (Å²) in [6, 6.07) is 0. The summed E-state index contributed by atoms with van der Waals surface area (Å²) in [6.07, 6.45) is 6.52. The molecule has 1 aliphatic rings. The largest absolute Gasteiger partial charge is 0.365 e. The number of aromatic nitrogens is 2. The molecular weight excluding hydrogens is 234 g/mol. The Hall–Kier alpha value is -0.830. The van der Waals surface area contributed by atoms with Crippen molar-refractivity contribution < 1.29 is 0 Å². The maximum absolute atomic E-state index is 6.16. The fourth-order valence-electron chi connectivity index (χ4n) is 2.55. The van der Waals surface area contributed by atoms with Crippen LogP contribution in [-0.4, -0.2) is 15.5 Å². The number of halogens is 1. The van der Waals surface area contributed by atoms with E-state index in [1.54, 1.807) is 0 Å². The van der Waals surface area contributed by atoms with E-state index in [9.17, 15) is 0 Å². The smallest absolute Gasteiger partial charge is 0.138 e. The Labute approximate surface area is 108 Å². The van der Waals surface area contributed by atoms with E-state index in [0.29, 0.717) is 11.1 Å². The molecule has 0 aromatic carbocycles. The van der Waals surface area contributed by atoms with E-state index >= 15 is 0 Å². The molecule has 0 amide bonds. The molecule has 17 heavy (non-hydrogen) atoms. The van der Waals surface area contributed by atoms with Gasteiger partial charge in [0.05, 0.1) is 0 Å². The van der Waals surface area contributed by atoms with Crippen LogP contribution < -0.4 is 5.32 Å². The normalized spacial score (nSPS) is 18.6. The second kappa shape index (κ2) is 4.81. The van der Waals surface area contributed by atoms with Crippen molar-refractivity contribution in [1.29, 1.82) is 0 Å². The van der Waals surface area contributed by atoms with E-state index in [-0.39, 0.29) is 5.54 Å². The molecule has 0 saturated heterocycles. The highest BCUT2D eigenvalue weighted by molar-refractivity contribution is 6.30. The highest BCUT2D eigenvalue weighted by Gasteiger charge is 2.30. The zero-order chi connectivity index (χ0) is 12.5. The zero-order valence-corrected chi connectivity index (χ0v) is 11.5. The summed E-state index contributed by atoms with van der Waals surface area (Å²) in [7, 11) is 0. The molecule has 0 aliphatic heterocycles. The van der Waals surface area contributed by atoms with Gasteiger partial charge in [0.15, 0.2) is 0 Å². The lowest BCUT2D eigenvalue weighted by molar-refractivity contribution is 0.529. The summed E-state index contributed by atoms with van der Waals surface area (Å²) in [6.45, 7) is 6.50. The average Bonchev–Trinajstić information content (AvgIpc) is 2.64. The fraction of sp³-hybridized carbons (Fsp3) is 0.692. The van der Waals surface area contributed by atoms with Crippen molar-refractivity contribution in [3.05, 3.63) is 17.0 Å². The number of hydrogen-bond acceptors (Lipinski definition) is 3. The van der Waals surface area contributed by atoms with E-state index in [4.69, 9.17) is 11.6 Å². The van der Waals surface area contributed by atoms with Crippen molar-refractivity contribution in [3.63, 3.8) is 0 Å². The molecular formula is C13H20ClN3. The Morgan fingerprint density at radius 3 is 2.53 bits per heavy atom. The zero-order valence-electron chi connectivity index (χ0n) is 10.8. The van der Waals surface area contributed by atoms with E-state index in [1.165, 1.54) is 32.0 Å². The lowest BCUT2D eigenvalue weighted by Crippen LogP contribution is -2.32. The monoisotopic (exact) mass is 253 g/mol. The van der Waals surface area contributed by atoms with Crippen LogP contribution in [0.2, 0.25) is 5.15 Å². The Balaban J connectivity index is 2.29. The van der Waals surface area contributed by atoms with Crippen LogP contribution in [0, 0.1) is 0 Å². The minimum Gasteiger partial charge on any atom is -0.365 e. The first-order valence-electron chi connectivity index (χ1n) is 6.30. The second-order valence-corrected chi connectivity index (χ2v) is 5.83. The minimum absolute atomic E-state index is 0.168. The van der Waals surface area contributed by atoms with Gasteiger partial charge in [-0.1, -0.05) is 38.3 Å². The lowest BCUT2D eigenvalue weighted by atomic mass is 9.99. The van der Waals surface area contributed by atoms with Gasteiger partial charge in [-0.2, -0.15) is 0 Å². The van der Waals surface area contributed by atoms with Crippen LogP contribution in [0.1, 0.15) is 57.9 Å². The summed E-state index contributed by atoms with van der Waals surface area (Å²) in [4.78, 5) is 8.44. The first-order valence-corrected chi connectivity index (χ1v) is 6.68. The maximum Gasteiger partial charge on any atom is 0.138 e. The average molecular weight is 254 g/mol. The predicted octanol–water partition coefficient (Wildman–Crippen LogP) is 4.00. The molecule has 2 rings (SSSR count). The van der Waals surface area contributed by atoms with Gasteiger partial charge in [-0.3, -0.25) is 0 Å². The van der Waals surface area contributed by atoms with Gasteiger partial charge in [-0.15, -0.1) is 0 Å². The molecule has 1 heterocycles. The van der Waals surface area contributed by atoms with Crippen LogP contribution in [0.5, 0.6) is 0 Å². The molecule has 0 bridgehead atoms. The molecule has 1 aromatic heterocycles. The fourth-order valence-corrected chi connectivity index (χ4v) is 2.90. The summed E-state index contributed by atoms with van der Waals surface area (Å²) < 4.78 is 0. The summed E-state index contributed by atoms with van der Waals surface area (Å²) >= 11 is 6.16. The third-order valence-corrected chi connectivity index (χ3v) is 3.84. The van der Waals surface area contributed by atoms with Crippen LogP contribution in [-0.2, 0) is 0 Å². The number of hydrogen-bond donors (Lipinski definition) is 1. The van der Waals surface area contributed by atoms with Gasteiger partial charge in [0, 0.05) is 11.1 Å². The van der Waals surface area contributed by atoms with Crippen LogP contribution in [0.4, 0.5) is 5.82 Å². The van der Waals surface area contributed by atoms with Gasteiger partial charge in [0.1, 0.15) is 17.3 Å². The molecule has 1 fully saturated rings. The van der Waals surface area contributed by atoms with Gasteiger partial charge in [0.25, 0.3) is 0 Å². The molecule has 3 nitrogen and oxygen atoms in total. The summed E-state index contributed by atoms with van der Waals surface area (Å²) in [5.74, 6) is 1.24. The standard InChI is InChI=1S/C13H20ClN3/c1-9(2)10-11(14)15-8-16-12(10)17-13(3)6-4-5-7-13/h8-9H,4-7H2,1-3H3,(H,15,16,17). The quantitative estimate of drug-likeness (QED) is 0.828. The maximum atomic E-state index is 6.16. The first-order chi connectivity index (χ1) is 8.02. The van der Waals surface area contributed by atoms with E-state index < -0.39 is 0 Å². The first kappa shape index (κ1) is 12.6. The summed E-state index contributed by atoms with van der Waals surface area (Å²) in [5, 5.41) is 4.14. The number of anilines is 1. The summed E-state index contributed by atoms with van der Waals surface area (Å²) in [5.41, 5.74) is 1.20. The molecule has 94 valence electrons. The number of nitrogens with one attached hydrogen (secondary N) is 1. The Kier molecular flexibility index (Phi) is 3.57. The van der Waals surface area contributed by atoms with Crippen molar-refractivity contribution >= 4 is 17.4 Å². The van der Waals surface area contributed by atoms with E-state index in [2.05, 4.69) is 36.1 Å². The van der Waals surface area contributed by atoms with Gasteiger partial charge in [0.2, 0.25) is 0 Å². The van der Waals surface area contributed by atoms with Crippen LogP contribution in [0.3, 0.4) is 0 Å². The van der Waals surface area contributed by atoms with Gasteiger partial charge in [-0.25, -0.2) is 9.97 Å². The second-order valence-electron chi connectivity index (χ2n) is 5.47. The van der Waals surface area contributed by atoms with Gasteiger partial charge in [-0.05, 0) is 25.7 Å². The molecule has 0 unspecified atom stereocenters. The predicted molar refractivity (Wildman–Crippen MR) is 71.6 cm³/mol. The molecule has 0 spiro atoms. The van der Waals surface area contributed by atoms with Crippen molar-refractivity contribution in [1.82, 2.24) is 9.97 Å². The Morgan fingerprint density at radius 1 is 1.29 bits per heavy atom. The van der Waals surface area contributed by atoms with Crippen molar-refractivity contribution in [3.8, 4) is 0 Å². The van der Waals surface area contributed by atoms with Crippen molar-refractivity contribution in [2.24, 2.45) is 0 Å². The minimum atomic E-state index is 0.168. The van der Waals surface area contributed by atoms with Gasteiger partial charge < -0.3 is 5.32 Å².